The first kappa shape index (κ1) is 18.3. The van der Waals surface area contributed by atoms with Gasteiger partial charge in [-0.25, -0.2) is 0 Å². The number of nitrogens with zero attached hydrogens (tertiary/aromatic N) is 1. The third kappa shape index (κ3) is 6.79. The molecule has 0 saturated carbocycles. The van der Waals surface area contributed by atoms with E-state index in [2.05, 4.69) is 31.4 Å². The van der Waals surface area contributed by atoms with E-state index in [1.54, 1.807) is 18.2 Å². The third-order valence-electron chi connectivity index (χ3n) is 2.93. The van der Waals surface area contributed by atoms with Gasteiger partial charge in [0.1, 0.15) is 6.07 Å². The fourth-order valence-corrected chi connectivity index (χ4v) is 2.16. The Morgan fingerprint density at radius 3 is 2.64 bits per heavy atom. The maximum Gasteiger partial charge on any atom is 0.305 e. The minimum Gasteiger partial charge on any atom is -0.481 e. The molecule has 0 spiro atoms. The van der Waals surface area contributed by atoms with Crippen LogP contribution in [0.5, 0.6) is 0 Å². The lowest BCUT2D eigenvalue weighted by atomic mass is 9.97. The molecule has 1 aromatic rings. The highest BCUT2D eigenvalue weighted by Crippen LogP contribution is 2.21. The molecule has 0 aliphatic heterocycles. The second-order valence-corrected chi connectivity index (χ2v) is 6.84. The van der Waals surface area contributed by atoms with Gasteiger partial charge in [-0.05, 0) is 23.6 Å². The molecule has 0 aliphatic carbocycles. The van der Waals surface area contributed by atoms with Gasteiger partial charge in [-0.15, -0.1) is 0 Å². The zero-order valence-electron chi connectivity index (χ0n) is 13.1. The summed E-state index contributed by atoms with van der Waals surface area (Å²) in [6.07, 6.45) is -0.00520. The Kier molecular flexibility index (Phi) is 6.66. The highest BCUT2D eigenvalue weighted by atomic mass is 35.5. The fraction of sp³-hybridized carbons (Fsp3) is 0.500. The van der Waals surface area contributed by atoms with Crippen LogP contribution in [-0.4, -0.2) is 30.2 Å². The number of benzene rings is 1. The van der Waals surface area contributed by atoms with Crippen molar-refractivity contribution in [2.24, 2.45) is 5.41 Å². The molecule has 5 nitrogen and oxygen atoms in total. The van der Waals surface area contributed by atoms with Crippen LogP contribution in [0.25, 0.3) is 0 Å². The van der Waals surface area contributed by atoms with E-state index in [9.17, 15) is 4.79 Å². The van der Waals surface area contributed by atoms with E-state index in [4.69, 9.17) is 22.0 Å². The number of carbonyl (C=O) groups is 1. The van der Waals surface area contributed by atoms with Crippen molar-refractivity contribution in [1.29, 1.82) is 5.26 Å². The van der Waals surface area contributed by atoms with Gasteiger partial charge in [0, 0.05) is 24.8 Å². The summed E-state index contributed by atoms with van der Waals surface area (Å²) in [5.41, 5.74) is 1.23. The van der Waals surface area contributed by atoms with Gasteiger partial charge in [0.2, 0.25) is 0 Å². The summed E-state index contributed by atoms with van der Waals surface area (Å²) in [5.74, 6) is -0.866. The van der Waals surface area contributed by atoms with Crippen molar-refractivity contribution in [2.45, 2.75) is 33.2 Å². The van der Waals surface area contributed by atoms with E-state index in [0.717, 1.165) is 6.54 Å². The molecule has 0 unspecified atom stereocenters. The molecule has 0 radical (unpaired) electrons. The van der Waals surface area contributed by atoms with Crippen LogP contribution < -0.4 is 10.6 Å². The van der Waals surface area contributed by atoms with Crippen LogP contribution in [0.2, 0.25) is 5.02 Å². The zero-order valence-corrected chi connectivity index (χ0v) is 13.9. The van der Waals surface area contributed by atoms with Gasteiger partial charge in [0.05, 0.1) is 17.0 Å². The average Bonchev–Trinajstić information content (AvgIpc) is 2.36. The van der Waals surface area contributed by atoms with Crippen LogP contribution in [0.15, 0.2) is 18.2 Å². The summed E-state index contributed by atoms with van der Waals surface area (Å²) in [6, 6.07) is 6.71. The van der Waals surface area contributed by atoms with Crippen LogP contribution in [0.4, 0.5) is 5.69 Å². The molecule has 0 aromatic heterocycles. The number of nitrogens with one attached hydrogen (secondary N) is 2. The summed E-state index contributed by atoms with van der Waals surface area (Å²) in [5, 5.41) is 24.7. The normalized spacial score (nSPS) is 12.5. The van der Waals surface area contributed by atoms with E-state index < -0.39 is 5.97 Å². The lowest BCUT2D eigenvalue weighted by molar-refractivity contribution is -0.137. The lowest BCUT2D eigenvalue weighted by Gasteiger charge is -2.23. The minimum atomic E-state index is -0.866. The molecule has 1 atom stereocenters. The highest BCUT2D eigenvalue weighted by Gasteiger charge is 2.16. The molecule has 0 fully saturated rings. The van der Waals surface area contributed by atoms with Gasteiger partial charge < -0.3 is 15.7 Å². The molecule has 0 saturated heterocycles. The number of halogens is 1. The molecule has 1 rings (SSSR count). The number of aliphatic carboxylic acids is 1. The third-order valence-corrected chi connectivity index (χ3v) is 3.24. The molecule has 1 aromatic carbocycles. The van der Waals surface area contributed by atoms with Gasteiger partial charge >= 0.3 is 5.97 Å². The van der Waals surface area contributed by atoms with Crippen molar-refractivity contribution in [3.05, 3.63) is 28.8 Å². The summed E-state index contributed by atoms with van der Waals surface area (Å²) in [4.78, 5) is 11.0. The minimum absolute atomic E-state index is 0.00520. The standard InChI is InChI=1S/C16H22ClN3O2/c1-16(2,3)10-19-9-13(7-15(21)22)20-12-5-4-11(8-18)14(17)6-12/h4-6,13,19-20H,7,9-10H2,1-3H3,(H,21,22)/t13-/m0/s1. The molecule has 120 valence electrons. The van der Waals surface area contributed by atoms with E-state index in [1.807, 2.05) is 6.07 Å². The molecule has 0 amide bonds. The van der Waals surface area contributed by atoms with Crippen LogP contribution in [-0.2, 0) is 4.79 Å². The molecular formula is C16H22ClN3O2. The maximum absolute atomic E-state index is 11.0. The number of nitriles is 1. The second kappa shape index (κ2) is 8.02. The monoisotopic (exact) mass is 323 g/mol. The predicted molar refractivity (Wildman–Crippen MR) is 88.2 cm³/mol. The quantitative estimate of drug-likeness (QED) is 0.718. The van der Waals surface area contributed by atoms with Crippen LogP contribution in [0, 0.1) is 16.7 Å². The number of anilines is 1. The van der Waals surface area contributed by atoms with Crippen molar-refractivity contribution in [3.63, 3.8) is 0 Å². The first-order valence-corrected chi connectivity index (χ1v) is 7.48. The van der Waals surface area contributed by atoms with Gasteiger partial charge in [-0.2, -0.15) is 5.26 Å². The van der Waals surface area contributed by atoms with E-state index >= 15 is 0 Å². The number of hydrogen-bond acceptors (Lipinski definition) is 4. The summed E-state index contributed by atoms with van der Waals surface area (Å²) in [7, 11) is 0. The van der Waals surface area contributed by atoms with E-state index in [0.29, 0.717) is 22.8 Å². The number of hydrogen-bond donors (Lipinski definition) is 3. The van der Waals surface area contributed by atoms with E-state index in [1.165, 1.54) is 0 Å². The van der Waals surface area contributed by atoms with Crippen molar-refractivity contribution >= 4 is 23.3 Å². The summed E-state index contributed by atoms with van der Waals surface area (Å²) < 4.78 is 0. The smallest absolute Gasteiger partial charge is 0.305 e. The van der Waals surface area contributed by atoms with Gasteiger partial charge in [-0.3, -0.25) is 4.79 Å². The lowest BCUT2D eigenvalue weighted by Crippen LogP contribution is -2.38. The zero-order chi connectivity index (χ0) is 16.8. The Morgan fingerprint density at radius 2 is 2.14 bits per heavy atom. The molecule has 6 heteroatoms. The first-order valence-electron chi connectivity index (χ1n) is 7.10. The number of carboxylic acids is 1. The number of rotatable bonds is 7. The van der Waals surface area contributed by atoms with Crippen LogP contribution in [0.3, 0.4) is 0 Å². The molecule has 22 heavy (non-hydrogen) atoms. The SMILES string of the molecule is CC(C)(C)CNC[C@H](CC(=O)O)Nc1ccc(C#N)c(Cl)c1. The molecule has 0 heterocycles. The largest absolute Gasteiger partial charge is 0.481 e. The maximum atomic E-state index is 11.0. The van der Waals surface area contributed by atoms with Gasteiger partial charge in [-0.1, -0.05) is 32.4 Å². The molecule has 0 bridgehead atoms. The topological polar surface area (TPSA) is 85.2 Å². The van der Waals surface area contributed by atoms with Gasteiger partial charge in [0.15, 0.2) is 0 Å². The van der Waals surface area contributed by atoms with Crippen molar-refractivity contribution in [3.8, 4) is 6.07 Å². The van der Waals surface area contributed by atoms with E-state index in [-0.39, 0.29) is 17.9 Å². The van der Waals surface area contributed by atoms with Crippen molar-refractivity contribution in [2.75, 3.05) is 18.4 Å². The average molecular weight is 324 g/mol. The Balaban J connectivity index is 2.70. The van der Waals surface area contributed by atoms with Crippen LogP contribution in [0.1, 0.15) is 32.8 Å². The molecule has 3 N–H and O–H groups in total. The highest BCUT2D eigenvalue weighted by molar-refractivity contribution is 6.32. The second-order valence-electron chi connectivity index (χ2n) is 6.44. The Bertz CT molecular complexity index is 561. The Hall–Kier alpha value is -1.77. The Labute approximate surface area is 136 Å². The first-order chi connectivity index (χ1) is 10.2. The number of carboxylic acid groups (broad SMARTS) is 1. The van der Waals surface area contributed by atoms with Crippen molar-refractivity contribution in [1.82, 2.24) is 5.32 Å². The van der Waals surface area contributed by atoms with Crippen LogP contribution >= 0.6 is 11.6 Å². The van der Waals surface area contributed by atoms with Crippen molar-refractivity contribution < 1.29 is 9.90 Å². The van der Waals surface area contributed by atoms with Gasteiger partial charge in [0.25, 0.3) is 0 Å². The summed E-state index contributed by atoms with van der Waals surface area (Å²) >= 11 is 5.99. The molecule has 0 aliphatic rings. The summed E-state index contributed by atoms with van der Waals surface area (Å²) in [6.45, 7) is 7.65. The molecular weight excluding hydrogens is 302 g/mol. The Morgan fingerprint density at radius 1 is 1.45 bits per heavy atom. The fourth-order valence-electron chi connectivity index (χ4n) is 1.94. The predicted octanol–water partition coefficient (Wildman–Crippen LogP) is 3.10.